The zero-order valence-electron chi connectivity index (χ0n) is 12.8. The molecular formula is C16H21Cl2N3O2. The highest BCUT2D eigenvalue weighted by molar-refractivity contribution is 5.90. The van der Waals surface area contributed by atoms with Crippen LogP contribution in [0.4, 0.5) is 5.69 Å². The van der Waals surface area contributed by atoms with Crippen molar-refractivity contribution in [2.24, 2.45) is 0 Å². The lowest BCUT2D eigenvalue weighted by Crippen LogP contribution is -2.15. The Morgan fingerprint density at radius 1 is 1.17 bits per heavy atom. The van der Waals surface area contributed by atoms with Gasteiger partial charge in [-0.2, -0.15) is 0 Å². The first-order valence-electron chi connectivity index (χ1n) is 6.91. The standard InChI is InChI=1S/C16H19N3O2.2ClH/c1-17-10-5-8-15(20)19-13-6-4-7-14(12-13)21-16-9-2-3-11-18-16;;/h2-4,6-7,9,11-12,17H,5,8,10H2,1H3,(H,19,20);2*1H. The Kier molecular flexibility index (Phi) is 10.8. The lowest BCUT2D eigenvalue weighted by molar-refractivity contribution is -0.116. The summed E-state index contributed by atoms with van der Waals surface area (Å²) < 4.78 is 5.63. The molecular weight excluding hydrogens is 337 g/mol. The van der Waals surface area contributed by atoms with Crippen LogP contribution in [0.2, 0.25) is 0 Å². The number of amides is 1. The molecule has 0 radical (unpaired) electrons. The fourth-order valence-corrected chi connectivity index (χ4v) is 1.81. The van der Waals surface area contributed by atoms with Gasteiger partial charge in [0.05, 0.1) is 0 Å². The fraction of sp³-hybridized carbons (Fsp3) is 0.250. The van der Waals surface area contributed by atoms with Crippen molar-refractivity contribution in [3.8, 4) is 11.6 Å². The summed E-state index contributed by atoms with van der Waals surface area (Å²) in [6.07, 6.45) is 2.97. The van der Waals surface area contributed by atoms with Crippen LogP contribution in [0.5, 0.6) is 11.6 Å². The molecule has 2 aromatic rings. The normalized spacial score (nSPS) is 9.26. The highest BCUT2D eigenvalue weighted by atomic mass is 35.5. The molecule has 2 N–H and O–H groups in total. The Labute approximate surface area is 148 Å². The largest absolute Gasteiger partial charge is 0.439 e. The number of aromatic nitrogens is 1. The molecule has 0 aliphatic carbocycles. The van der Waals surface area contributed by atoms with Gasteiger partial charge in [-0.1, -0.05) is 12.1 Å². The van der Waals surface area contributed by atoms with Crippen molar-refractivity contribution in [1.29, 1.82) is 0 Å². The van der Waals surface area contributed by atoms with Crippen LogP contribution in [0.15, 0.2) is 48.7 Å². The zero-order chi connectivity index (χ0) is 14.9. The molecule has 1 heterocycles. The second-order valence-corrected chi connectivity index (χ2v) is 4.55. The molecule has 0 spiro atoms. The highest BCUT2D eigenvalue weighted by Crippen LogP contribution is 2.22. The van der Waals surface area contributed by atoms with Crippen LogP contribution in [0.25, 0.3) is 0 Å². The van der Waals surface area contributed by atoms with Gasteiger partial charge in [0.25, 0.3) is 0 Å². The van der Waals surface area contributed by atoms with Crippen LogP contribution in [0, 0.1) is 0 Å². The van der Waals surface area contributed by atoms with Crippen LogP contribution < -0.4 is 15.4 Å². The third-order valence-corrected chi connectivity index (χ3v) is 2.81. The predicted molar refractivity (Wildman–Crippen MR) is 97.0 cm³/mol. The smallest absolute Gasteiger partial charge is 0.224 e. The van der Waals surface area contributed by atoms with Gasteiger partial charge in [0.15, 0.2) is 0 Å². The van der Waals surface area contributed by atoms with Gasteiger partial charge < -0.3 is 15.4 Å². The number of carbonyl (C=O) groups is 1. The summed E-state index contributed by atoms with van der Waals surface area (Å²) in [6.45, 7) is 0.830. The van der Waals surface area contributed by atoms with Gasteiger partial charge >= 0.3 is 0 Å². The molecule has 2 rings (SSSR count). The fourth-order valence-electron chi connectivity index (χ4n) is 1.81. The number of hydrogen-bond donors (Lipinski definition) is 2. The molecule has 126 valence electrons. The monoisotopic (exact) mass is 357 g/mol. The lowest BCUT2D eigenvalue weighted by Gasteiger charge is -2.08. The van der Waals surface area contributed by atoms with E-state index in [4.69, 9.17) is 4.74 Å². The molecule has 0 fully saturated rings. The number of nitrogens with zero attached hydrogens (tertiary/aromatic N) is 1. The lowest BCUT2D eigenvalue weighted by atomic mass is 10.2. The Hall–Kier alpha value is -1.82. The molecule has 5 nitrogen and oxygen atoms in total. The van der Waals surface area contributed by atoms with Crippen LogP contribution in [0.3, 0.4) is 0 Å². The van der Waals surface area contributed by atoms with Gasteiger partial charge in [-0.3, -0.25) is 4.79 Å². The summed E-state index contributed by atoms with van der Waals surface area (Å²) in [5.74, 6) is 1.16. The summed E-state index contributed by atoms with van der Waals surface area (Å²) in [6, 6.07) is 12.7. The predicted octanol–water partition coefficient (Wildman–Crippen LogP) is 3.66. The van der Waals surface area contributed by atoms with Crippen molar-refractivity contribution in [2.75, 3.05) is 18.9 Å². The number of benzene rings is 1. The van der Waals surface area contributed by atoms with E-state index in [2.05, 4.69) is 15.6 Å². The average molecular weight is 358 g/mol. The van der Waals surface area contributed by atoms with Crippen LogP contribution in [-0.4, -0.2) is 24.5 Å². The molecule has 0 unspecified atom stereocenters. The van der Waals surface area contributed by atoms with E-state index in [1.807, 2.05) is 37.4 Å². The van der Waals surface area contributed by atoms with E-state index in [9.17, 15) is 4.79 Å². The molecule has 0 saturated heterocycles. The van der Waals surface area contributed by atoms with Crippen molar-refractivity contribution < 1.29 is 9.53 Å². The average Bonchev–Trinajstić information content (AvgIpc) is 2.49. The summed E-state index contributed by atoms with van der Waals surface area (Å²) in [4.78, 5) is 15.9. The minimum atomic E-state index is 0. The molecule has 0 atom stereocenters. The molecule has 7 heteroatoms. The molecule has 23 heavy (non-hydrogen) atoms. The summed E-state index contributed by atoms with van der Waals surface area (Å²) in [5, 5.41) is 5.88. The van der Waals surface area contributed by atoms with Crippen molar-refractivity contribution in [3.05, 3.63) is 48.7 Å². The van der Waals surface area contributed by atoms with Gasteiger partial charge in [-0.05, 0) is 38.2 Å². The highest BCUT2D eigenvalue weighted by Gasteiger charge is 2.04. The maximum Gasteiger partial charge on any atom is 0.224 e. The molecule has 0 aliphatic heterocycles. The van der Waals surface area contributed by atoms with E-state index in [1.54, 1.807) is 18.3 Å². The minimum absolute atomic E-state index is 0. The van der Waals surface area contributed by atoms with Crippen LogP contribution in [-0.2, 0) is 4.79 Å². The van der Waals surface area contributed by atoms with Crippen molar-refractivity contribution in [2.45, 2.75) is 12.8 Å². The van der Waals surface area contributed by atoms with E-state index >= 15 is 0 Å². The number of anilines is 1. The molecule has 0 saturated carbocycles. The maximum absolute atomic E-state index is 11.8. The number of hydrogen-bond acceptors (Lipinski definition) is 4. The van der Waals surface area contributed by atoms with Crippen molar-refractivity contribution in [1.82, 2.24) is 10.3 Å². The Bertz CT molecular complexity index is 583. The minimum Gasteiger partial charge on any atom is -0.439 e. The number of carbonyl (C=O) groups excluding carboxylic acids is 1. The van der Waals surface area contributed by atoms with Gasteiger partial charge in [0.1, 0.15) is 5.75 Å². The van der Waals surface area contributed by atoms with Crippen LogP contribution >= 0.6 is 24.8 Å². The maximum atomic E-state index is 11.8. The van der Waals surface area contributed by atoms with Gasteiger partial charge in [0, 0.05) is 30.4 Å². The van der Waals surface area contributed by atoms with Gasteiger partial charge in [-0.15, -0.1) is 24.8 Å². The van der Waals surface area contributed by atoms with E-state index in [1.165, 1.54) is 0 Å². The number of halogens is 2. The first-order valence-corrected chi connectivity index (χ1v) is 6.91. The third kappa shape index (κ3) is 7.83. The zero-order valence-corrected chi connectivity index (χ0v) is 14.5. The molecule has 1 amide bonds. The Balaban J connectivity index is 0.00000242. The Morgan fingerprint density at radius 2 is 2.00 bits per heavy atom. The van der Waals surface area contributed by atoms with Crippen molar-refractivity contribution in [3.63, 3.8) is 0 Å². The SMILES string of the molecule is CNCCCC(=O)Nc1cccc(Oc2ccccn2)c1.Cl.Cl. The molecule has 1 aromatic carbocycles. The summed E-state index contributed by atoms with van der Waals surface area (Å²) >= 11 is 0. The first kappa shape index (κ1) is 21.2. The number of rotatable bonds is 7. The number of ether oxygens (including phenoxy) is 1. The second kappa shape index (κ2) is 11.7. The first-order chi connectivity index (χ1) is 10.3. The van der Waals surface area contributed by atoms with E-state index in [-0.39, 0.29) is 30.7 Å². The summed E-state index contributed by atoms with van der Waals surface area (Å²) in [5.41, 5.74) is 0.720. The molecule has 1 aromatic heterocycles. The van der Waals surface area contributed by atoms with Gasteiger partial charge in [0.2, 0.25) is 11.8 Å². The van der Waals surface area contributed by atoms with Crippen LogP contribution in [0.1, 0.15) is 12.8 Å². The number of pyridine rings is 1. The molecule has 0 aliphatic rings. The van der Waals surface area contributed by atoms with Crippen molar-refractivity contribution >= 4 is 36.4 Å². The topological polar surface area (TPSA) is 63.2 Å². The summed E-state index contributed by atoms with van der Waals surface area (Å²) in [7, 11) is 1.87. The third-order valence-electron chi connectivity index (χ3n) is 2.81. The quantitative estimate of drug-likeness (QED) is 0.742. The Morgan fingerprint density at radius 3 is 2.70 bits per heavy atom. The number of nitrogens with one attached hydrogen (secondary N) is 2. The van der Waals surface area contributed by atoms with E-state index in [0.29, 0.717) is 18.1 Å². The van der Waals surface area contributed by atoms with E-state index < -0.39 is 0 Å². The molecule has 0 bridgehead atoms. The second-order valence-electron chi connectivity index (χ2n) is 4.55. The van der Waals surface area contributed by atoms with Gasteiger partial charge in [-0.25, -0.2) is 4.98 Å². The van der Waals surface area contributed by atoms with E-state index in [0.717, 1.165) is 18.7 Å².